The molecule has 2 aliphatic rings. The Balaban J connectivity index is 1.71. The number of nitrogens with zero attached hydrogens (tertiary/aromatic N) is 1. The predicted molar refractivity (Wildman–Crippen MR) is 59.2 cm³/mol. The van der Waals surface area contributed by atoms with Gasteiger partial charge in [0, 0.05) is 24.2 Å². The summed E-state index contributed by atoms with van der Waals surface area (Å²) in [5, 5.41) is 3.73. The van der Waals surface area contributed by atoms with Crippen molar-refractivity contribution in [3.8, 4) is 0 Å². The molecule has 1 aliphatic heterocycles. The highest BCUT2D eigenvalue weighted by Crippen LogP contribution is 2.22. The van der Waals surface area contributed by atoms with E-state index in [4.69, 9.17) is 5.73 Å². The highest BCUT2D eigenvalue weighted by atomic mass is 15.1. The molecule has 0 aromatic heterocycles. The van der Waals surface area contributed by atoms with E-state index >= 15 is 0 Å². The minimum Gasteiger partial charge on any atom is -0.328 e. The van der Waals surface area contributed by atoms with Crippen LogP contribution in [-0.4, -0.2) is 42.7 Å². The molecular formula is C11H23N3. The summed E-state index contributed by atoms with van der Waals surface area (Å²) in [7, 11) is 2.22. The number of hydrogen-bond donors (Lipinski definition) is 2. The van der Waals surface area contributed by atoms with Crippen LogP contribution in [-0.2, 0) is 0 Å². The summed E-state index contributed by atoms with van der Waals surface area (Å²) in [6, 6.07) is 2.65. The fraction of sp³-hybridized carbons (Fsp3) is 1.00. The normalized spacial score (nSPS) is 44.8. The van der Waals surface area contributed by atoms with Gasteiger partial charge in [0.05, 0.1) is 0 Å². The Morgan fingerprint density at radius 1 is 1.21 bits per heavy atom. The van der Waals surface area contributed by atoms with Gasteiger partial charge < -0.3 is 16.0 Å². The van der Waals surface area contributed by atoms with Crippen LogP contribution in [0.2, 0.25) is 0 Å². The first-order valence-corrected chi connectivity index (χ1v) is 5.87. The Kier molecular flexibility index (Phi) is 3.10. The summed E-state index contributed by atoms with van der Waals surface area (Å²) < 4.78 is 0. The van der Waals surface area contributed by atoms with Gasteiger partial charge in [0.2, 0.25) is 0 Å². The Hall–Kier alpha value is -0.120. The molecule has 2 rings (SSSR count). The molecule has 2 unspecified atom stereocenters. The van der Waals surface area contributed by atoms with E-state index in [-0.39, 0.29) is 0 Å². The van der Waals surface area contributed by atoms with E-state index < -0.39 is 0 Å². The summed E-state index contributed by atoms with van der Waals surface area (Å²) >= 11 is 0. The number of hydrogen-bond acceptors (Lipinski definition) is 3. The van der Waals surface area contributed by atoms with Crippen LogP contribution in [0.25, 0.3) is 0 Å². The molecule has 3 N–H and O–H groups in total. The number of nitrogens with one attached hydrogen (secondary N) is 1. The predicted octanol–water partition coefficient (Wildman–Crippen LogP) is 0.548. The van der Waals surface area contributed by atoms with Crippen molar-refractivity contribution in [1.29, 1.82) is 0 Å². The van der Waals surface area contributed by atoms with Gasteiger partial charge in [0.1, 0.15) is 0 Å². The first-order chi connectivity index (χ1) is 6.65. The Labute approximate surface area is 87.0 Å². The van der Waals surface area contributed by atoms with E-state index in [9.17, 15) is 0 Å². The highest BCUT2D eigenvalue weighted by molar-refractivity contribution is 4.91. The minimum absolute atomic E-state index is 0.469. The monoisotopic (exact) mass is 197 g/mol. The molecule has 82 valence electrons. The van der Waals surface area contributed by atoms with Crippen molar-refractivity contribution < 1.29 is 0 Å². The second-order valence-electron chi connectivity index (χ2n) is 5.15. The lowest BCUT2D eigenvalue weighted by atomic mass is 9.86. The van der Waals surface area contributed by atoms with Crippen LogP contribution in [0.3, 0.4) is 0 Å². The third-order valence-electron chi connectivity index (χ3n) is 3.85. The van der Waals surface area contributed by atoms with Gasteiger partial charge >= 0.3 is 0 Å². The average Bonchev–Trinajstić information content (AvgIpc) is 2.09. The number of likely N-dealkylation sites (tertiary alicyclic amines) is 1. The van der Waals surface area contributed by atoms with Crippen molar-refractivity contribution in [3.05, 3.63) is 0 Å². The molecule has 1 aliphatic carbocycles. The van der Waals surface area contributed by atoms with E-state index in [2.05, 4.69) is 24.2 Å². The molecule has 3 heteroatoms. The number of rotatable bonds is 2. The second-order valence-corrected chi connectivity index (χ2v) is 5.15. The van der Waals surface area contributed by atoms with Gasteiger partial charge in [-0.05, 0) is 46.2 Å². The maximum atomic E-state index is 5.78. The van der Waals surface area contributed by atoms with E-state index in [0.717, 1.165) is 12.1 Å². The molecule has 0 spiro atoms. The van der Waals surface area contributed by atoms with Gasteiger partial charge in [0.25, 0.3) is 0 Å². The molecule has 2 atom stereocenters. The van der Waals surface area contributed by atoms with Crippen LogP contribution in [0, 0.1) is 0 Å². The Bertz CT molecular complexity index is 189. The van der Waals surface area contributed by atoms with Crippen molar-refractivity contribution in [2.45, 2.75) is 56.8 Å². The third-order valence-corrected chi connectivity index (χ3v) is 3.85. The molecular weight excluding hydrogens is 174 g/mol. The highest BCUT2D eigenvalue weighted by Gasteiger charge is 2.30. The van der Waals surface area contributed by atoms with Crippen LogP contribution in [0.5, 0.6) is 0 Å². The van der Waals surface area contributed by atoms with Gasteiger partial charge in [-0.3, -0.25) is 0 Å². The van der Waals surface area contributed by atoms with Crippen LogP contribution in [0.15, 0.2) is 0 Å². The fourth-order valence-corrected chi connectivity index (χ4v) is 2.57. The van der Waals surface area contributed by atoms with Crippen LogP contribution < -0.4 is 11.1 Å². The van der Waals surface area contributed by atoms with E-state index in [1.807, 2.05) is 0 Å². The van der Waals surface area contributed by atoms with Crippen molar-refractivity contribution >= 4 is 0 Å². The number of nitrogens with two attached hydrogens (primary N) is 1. The maximum absolute atomic E-state index is 5.78. The van der Waals surface area contributed by atoms with Gasteiger partial charge in [-0.25, -0.2) is 0 Å². The van der Waals surface area contributed by atoms with Crippen LogP contribution in [0.1, 0.15) is 32.6 Å². The van der Waals surface area contributed by atoms with E-state index in [1.54, 1.807) is 0 Å². The summed E-state index contributed by atoms with van der Waals surface area (Å²) in [6.45, 7) is 3.55. The number of piperidine rings is 1. The molecule has 0 aromatic rings. The second kappa shape index (κ2) is 4.17. The van der Waals surface area contributed by atoms with Crippen molar-refractivity contribution in [1.82, 2.24) is 10.2 Å². The topological polar surface area (TPSA) is 41.3 Å². The molecule has 1 heterocycles. The quantitative estimate of drug-likeness (QED) is 0.679. The fourth-order valence-electron chi connectivity index (χ4n) is 2.57. The lowest BCUT2D eigenvalue weighted by Gasteiger charge is -2.41. The molecule has 1 saturated carbocycles. The summed E-state index contributed by atoms with van der Waals surface area (Å²) in [5.41, 5.74) is 5.78. The lowest BCUT2D eigenvalue weighted by Crippen LogP contribution is -2.55. The molecule has 0 amide bonds. The zero-order valence-corrected chi connectivity index (χ0v) is 9.37. The van der Waals surface area contributed by atoms with Gasteiger partial charge in [0.15, 0.2) is 0 Å². The first-order valence-electron chi connectivity index (χ1n) is 5.87. The molecule has 0 bridgehead atoms. The summed E-state index contributed by atoms with van der Waals surface area (Å²) in [4.78, 5) is 2.45. The average molecular weight is 197 g/mol. The molecule has 0 aromatic carbocycles. The summed E-state index contributed by atoms with van der Waals surface area (Å²) in [6.07, 6.45) is 4.95. The van der Waals surface area contributed by atoms with Gasteiger partial charge in [-0.15, -0.1) is 0 Å². The van der Waals surface area contributed by atoms with E-state index in [1.165, 1.54) is 32.2 Å². The zero-order valence-electron chi connectivity index (χ0n) is 9.37. The largest absolute Gasteiger partial charge is 0.328 e. The van der Waals surface area contributed by atoms with Crippen LogP contribution in [0.4, 0.5) is 0 Å². The zero-order chi connectivity index (χ0) is 10.1. The van der Waals surface area contributed by atoms with Crippen molar-refractivity contribution in [3.63, 3.8) is 0 Å². The third kappa shape index (κ3) is 2.27. The molecule has 3 nitrogen and oxygen atoms in total. The Morgan fingerprint density at radius 3 is 2.50 bits per heavy atom. The van der Waals surface area contributed by atoms with Crippen molar-refractivity contribution in [2.24, 2.45) is 5.73 Å². The molecule has 2 fully saturated rings. The maximum Gasteiger partial charge on any atom is 0.00991 e. The van der Waals surface area contributed by atoms with Crippen molar-refractivity contribution in [2.75, 3.05) is 13.6 Å². The SMILES string of the molecule is CC1CC(NC2CC(N)C2)CCN1C. The summed E-state index contributed by atoms with van der Waals surface area (Å²) in [5.74, 6) is 0. The smallest absolute Gasteiger partial charge is 0.00991 e. The first kappa shape index (κ1) is 10.4. The lowest BCUT2D eigenvalue weighted by molar-refractivity contribution is 0.147. The van der Waals surface area contributed by atoms with Crippen LogP contribution >= 0.6 is 0 Å². The molecule has 14 heavy (non-hydrogen) atoms. The van der Waals surface area contributed by atoms with Gasteiger partial charge in [-0.2, -0.15) is 0 Å². The van der Waals surface area contributed by atoms with E-state index in [0.29, 0.717) is 12.1 Å². The molecule has 0 radical (unpaired) electrons. The Morgan fingerprint density at radius 2 is 1.93 bits per heavy atom. The molecule has 1 saturated heterocycles. The minimum atomic E-state index is 0.469. The van der Waals surface area contributed by atoms with Gasteiger partial charge in [-0.1, -0.05) is 0 Å². The standard InChI is InChI=1S/C11H23N3/c1-8-5-10(3-4-14(8)2)13-11-6-9(12)7-11/h8-11,13H,3-7,12H2,1-2H3.